The molecule has 1 aliphatic heterocycles. The fraction of sp³-hybridized carbons (Fsp3) is 0.636. The van der Waals surface area contributed by atoms with Crippen LogP contribution in [0.5, 0.6) is 0 Å². The summed E-state index contributed by atoms with van der Waals surface area (Å²) in [6.07, 6.45) is 12.1. The first-order valence-corrected chi connectivity index (χ1v) is 12.0. The molecule has 2 amide bonds. The van der Waals surface area contributed by atoms with Crippen molar-refractivity contribution in [3.63, 3.8) is 0 Å². The molecule has 0 saturated heterocycles. The minimum absolute atomic E-state index is 0.224. The fourth-order valence-electron chi connectivity index (χ4n) is 4.77. The maximum Gasteiger partial charge on any atom is 0.241 e. The van der Waals surface area contributed by atoms with E-state index in [0.29, 0.717) is 40.6 Å². The quantitative estimate of drug-likeness (QED) is 0.673. The van der Waals surface area contributed by atoms with E-state index in [1.807, 2.05) is 0 Å². The summed E-state index contributed by atoms with van der Waals surface area (Å²) in [4.78, 5) is 32.8. The van der Waals surface area contributed by atoms with Crippen LogP contribution in [0.3, 0.4) is 0 Å². The van der Waals surface area contributed by atoms with Gasteiger partial charge in [0.1, 0.15) is 17.6 Å². The van der Waals surface area contributed by atoms with Gasteiger partial charge < -0.3 is 11.1 Å². The first kappa shape index (κ1) is 21.3. The summed E-state index contributed by atoms with van der Waals surface area (Å²) < 4.78 is 14.6. The minimum atomic E-state index is -0.953. The van der Waals surface area contributed by atoms with Crippen molar-refractivity contribution in [1.82, 2.24) is 5.32 Å². The number of rotatable bonds is 6. The summed E-state index contributed by atoms with van der Waals surface area (Å²) in [6.45, 7) is 0. The number of amides is 2. The zero-order chi connectivity index (χ0) is 21.1. The molecule has 1 unspecified atom stereocenters. The third kappa shape index (κ3) is 5.20. The van der Waals surface area contributed by atoms with Crippen LogP contribution in [0.1, 0.15) is 57.8 Å². The summed E-state index contributed by atoms with van der Waals surface area (Å²) in [5.74, 6) is -0.450. The summed E-state index contributed by atoms with van der Waals surface area (Å²) in [5.41, 5.74) is 6.34. The van der Waals surface area contributed by atoms with Gasteiger partial charge >= 0.3 is 0 Å². The highest BCUT2D eigenvalue weighted by molar-refractivity contribution is 8.00. The van der Waals surface area contributed by atoms with E-state index in [-0.39, 0.29) is 17.9 Å². The van der Waals surface area contributed by atoms with Gasteiger partial charge in [0.05, 0.1) is 23.2 Å². The zero-order valence-electron chi connectivity index (χ0n) is 17.1. The van der Waals surface area contributed by atoms with Crippen molar-refractivity contribution in [2.45, 2.75) is 69.1 Å². The molecule has 0 bridgehead atoms. The lowest BCUT2D eigenvalue weighted by atomic mass is 9.86. The molecule has 1 heterocycles. The van der Waals surface area contributed by atoms with Gasteiger partial charge in [0.25, 0.3) is 0 Å². The first-order valence-electron chi connectivity index (χ1n) is 10.9. The molecule has 6 nitrogen and oxygen atoms in total. The normalized spacial score (nSPS) is 31.0. The monoisotopic (exact) mass is 432 g/mol. The molecule has 3 aliphatic carbocycles. The smallest absolute Gasteiger partial charge is 0.241 e. The number of fused-ring (bicyclic) bond motifs is 1. The molecular formula is C22H29FN4O2S. The number of carbonyl (C=O) groups is 2. The maximum absolute atomic E-state index is 14.6. The molecule has 162 valence electrons. The number of nitrogens with two attached hydrogens (primary N) is 1. The summed E-state index contributed by atoms with van der Waals surface area (Å²) >= 11 is 1.77. The topological polar surface area (TPSA) is 96.9 Å². The van der Waals surface area contributed by atoms with Gasteiger partial charge in [-0.3, -0.25) is 14.6 Å². The van der Waals surface area contributed by atoms with E-state index in [9.17, 15) is 14.0 Å². The third-order valence-corrected chi connectivity index (χ3v) is 7.73. The van der Waals surface area contributed by atoms with Crippen LogP contribution in [0.4, 0.5) is 4.39 Å². The number of hydrogen-bond donors (Lipinski definition) is 2. The second-order valence-electron chi connectivity index (χ2n) is 8.70. The van der Waals surface area contributed by atoms with Crippen LogP contribution in [-0.2, 0) is 9.59 Å². The number of aliphatic imine (C=N–C) groups is 2. The van der Waals surface area contributed by atoms with Crippen molar-refractivity contribution in [3.05, 3.63) is 23.7 Å². The largest absolute Gasteiger partial charge is 0.370 e. The van der Waals surface area contributed by atoms with Gasteiger partial charge in [0.2, 0.25) is 11.8 Å². The first-order chi connectivity index (χ1) is 14.5. The van der Waals surface area contributed by atoms with Gasteiger partial charge in [-0.05, 0) is 56.6 Å². The Hall–Kier alpha value is -1.96. The van der Waals surface area contributed by atoms with E-state index >= 15 is 0 Å². The highest BCUT2D eigenvalue weighted by Crippen LogP contribution is 2.35. The minimum Gasteiger partial charge on any atom is -0.370 e. The van der Waals surface area contributed by atoms with Crippen LogP contribution in [0.15, 0.2) is 33.7 Å². The molecule has 0 radical (unpaired) electrons. The Labute approximate surface area is 180 Å². The lowest BCUT2D eigenvalue weighted by Gasteiger charge is -2.29. The molecule has 2 saturated carbocycles. The van der Waals surface area contributed by atoms with Gasteiger partial charge in [-0.25, -0.2) is 9.38 Å². The van der Waals surface area contributed by atoms with Gasteiger partial charge in [0, 0.05) is 11.7 Å². The van der Waals surface area contributed by atoms with E-state index in [1.54, 1.807) is 17.8 Å². The molecule has 8 heteroatoms. The number of carbonyl (C=O) groups excluding carboxylic acids is 2. The maximum atomic E-state index is 14.6. The van der Waals surface area contributed by atoms with E-state index in [4.69, 9.17) is 5.73 Å². The number of hydrogen-bond acceptors (Lipinski definition) is 5. The van der Waals surface area contributed by atoms with Crippen molar-refractivity contribution in [3.8, 4) is 0 Å². The number of halogens is 1. The predicted octanol–water partition coefficient (Wildman–Crippen LogP) is 3.43. The van der Waals surface area contributed by atoms with E-state index in [2.05, 4.69) is 15.3 Å². The molecular weight excluding hydrogens is 403 g/mol. The molecule has 0 spiro atoms. The molecule has 0 aromatic rings. The van der Waals surface area contributed by atoms with Crippen LogP contribution in [-0.4, -0.2) is 40.4 Å². The Morgan fingerprint density at radius 2 is 1.93 bits per heavy atom. The van der Waals surface area contributed by atoms with E-state index in [0.717, 1.165) is 38.5 Å². The summed E-state index contributed by atoms with van der Waals surface area (Å²) in [6, 6.07) is 0.249. The van der Waals surface area contributed by atoms with Gasteiger partial charge in [0.15, 0.2) is 0 Å². The van der Waals surface area contributed by atoms with Crippen LogP contribution in [0.2, 0.25) is 0 Å². The second kappa shape index (κ2) is 9.45. The predicted molar refractivity (Wildman–Crippen MR) is 118 cm³/mol. The molecule has 4 aliphatic rings. The Bertz CT molecular complexity index is 821. The number of thioether (sulfide) groups is 1. The fourth-order valence-corrected chi connectivity index (χ4v) is 5.90. The number of primary amides is 1. The lowest BCUT2D eigenvalue weighted by molar-refractivity contribution is -0.122. The Morgan fingerprint density at radius 3 is 2.63 bits per heavy atom. The van der Waals surface area contributed by atoms with Crippen molar-refractivity contribution < 1.29 is 14.0 Å². The average molecular weight is 433 g/mol. The SMILES string of the molecule is NC(=O)CC1CCC(SCC2=NC3=CC(=NC4CCCC4)C=C(F)C3C(=O)N2)CC1. The van der Waals surface area contributed by atoms with E-state index in [1.165, 1.54) is 18.9 Å². The van der Waals surface area contributed by atoms with Gasteiger partial charge in [-0.2, -0.15) is 11.8 Å². The Balaban J connectivity index is 1.38. The van der Waals surface area contributed by atoms with Gasteiger partial charge in [-0.1, -0.05) is 12.8 Å². The highest BCUT2D eigenvalue weighted by Gasteiger charge is 2.35. The summed E-state index contributed by atoms with van der Waals surface area (Å²) in [7, 11) is 0. The zero-order valence-corrected chi connectivity index (χ0v) is 17.9. The number of nitrogens with zero attached hydrogens (tertiary/aromatic N) is 2. The Kier molecular flexibility index (Phi) is 6.71. The van der Waals surface area contributed by atoms with Crippen molar-refractivity contribution in [2.24, 2.45) is 27.6 Å². The molecule has 1 atom stereocenters. The van der Waals surface area contributed by atoms with Crippen LogP contribution >= 0.6 is 11.8 Å². The summed E-state index contributed by atoms with van der Waals surface area (Å²) in [5, 5.41) is 3.25. The molecule has 30 heavy (non-hydrogen) atoms. The average Bonchev–Trinajstić information content (AvgIpc) is 3.19. The standard InChI is InChI=1S/C22H29FN4O2S/c23-17-10-15(25-14-3-1-2-4-14)11-18-21(17)22(29)27-20(26-18)12-30-16-7-5-13(6-8-16)9-19(24)28/h10-11,13-14,16,21H,1-9,12H2,(H2,24,28)(H,26,27,29). The molecule has 0 aromatic heterocycles. The van der Waals surface area contributed by atoms with Crippen molar-refractivity contribution in [2.75, 3.05) is 5.75 Å². The molecule has 2 fully saturated rings. The van der Waals surface area contributed by atoms with Gasteiger partial charge in [-0.15, -0.1) is 0 Å². The molecule has 3 N–H and O–H groups in total. The van der Waals surface area contributed by atoms with Crippen LogP contribution in [0.25, 0.3) is 0 Å². The lowest BCUT2D eigenvalue weighted by Crippen LogP contribution is -2.43. The number of allylic oxidation sites excluding steroid dienone is 2. The highest BCUT2D eigenvalue weighted by atomic mass is 32.2. The number of amidine groups is 1. The van der Waals surface area contributed by atoms with Crippen LogP contribution < -0.4 is 11.1 Å². The van der Waals surface area contributed by atoms with Crippen molar-refractivity contribution >= 4 is 35.1 Å². The molecule has 4 rings (SSSR count). The van der Waals surface area contributed by atoms with E-state index < -0.39 is 11.7 Å². The Morgan fingerprint density at radius 1 is 1.20 bits per heavy atom. The second-order valence-corrected chi connectivity index (χ2v) is 9.98. The number of nitrogens with one attached hydrogen (secondary N) is 1. The van der Waals surface area contributed by atoms with Crippen molar-refractivity contribution in [1.29, 1.82) is 0 Å². The van der Waals surface area contributed by atoms with Crippen LogP contribution in [0, 0.1) is 11.8 Å². The molecule has 0 aromatic carbocycles. The third-order valence-electron chi connectivity index (χ3n) is 6.34.